The Bertz CT molecular complexity index is 493. The second kappa shape index (κ2) is 5.44. The molecule has 2 aromatic rings. The highest BCUT2D eigenvalue weighted by Crippen LogP contribution is 2.26. The highest BCUT2D eigenvalue weighted by atomic mass is 32.1. The maximum Gasteiger partial charge on any atom is 0.130 e. The van der Waals surface area contributed by atoms with Crippen LogP contribution in [0.4, 0.5) is 5.82 Å². The Morgan fingerprint density at radius 1 is 1.28 bits per heavy atom. The quantitative estimate of drug-likeness (QED) is 0.898. The van der Waals surface area contributed by atoms with Crippen molar-refractivity contribution in [2.24, 2.45) is 0 Å². The van der Waals surface area contributed by atoms with E-state index in [0.717, 1.165) is 29.4 Å². The minimum Gasteiger partial charge on any atom is -0.359 e. The molecule has 2 heterocycles. The van der Waals surface area contributed by atoms with Crippen LogP contribution in [-0.2, 0) is 12.0 Å². The summed E-state index contributed by atoms with van der Waals surface area (Å²) in [5.74, 6) is 0.855. The highest BCUT2D eigenvalue weighted by molar-refractivity contribution is 7.09. The SMILES string of the molecule is CCCc1cc(NC(C)(C)c2nccs2)ncn1. The van der Waals surface area contributed by atoms with Crippen LogP contribution in [-0.4, -0.2) is 15.0 Å². The zero-order valence-electron chi connectivity index (χ0n) is 11.0. The van der Waals surface area contributed by atoms with E-state index in [-0.39, 0.29) is 5.54 Å². The fourth-order valence-electron chi connectivity index (χ4n) is 1.76. The van der Waals surface area contributed by atoms with Crippen LogP contribution in [0.2, 0.25) is 0 Å². The molecule has 0 unspecified atom stereocenters. The van der Waals surface area contributed by atoms with Crippen molar-refractivity contribution in [2.45, 2.75) is 39.2 Å². The van der Waals surface area contributed by atoms with Crippen molar-refractivity contribution in [1.82, 2.24) is 15.0 Å². The van der Waals surface area contributed by atoms with Crippen LogP contribution in [0.5, 0.6) is 0 Å². The average Bonchev–Trinajstić information content (AvgIpc) is 2.83. The van der Waals surface area contributed by atoms with Gasteiger partial charge in [-0.3, -0.25) is 0 Å². The summed E-state index contributed by atoms with van der Waals surface area (Å²) < 4.78 is 0. The van der Waals surface area contributed by atoms with Crippen molar-refractivity contribution in [1.29, 1.82) is 0 Å². The van der Waals surface area contributed by atoms with Crippen LogP contribution < -0.4 is 5.32 Å². The smallest absolute Gasteiger partial charge is 0.130 e. The predicted octanol–water partition coefficient (Wildman–Crippen LogP) is 3.23. The molecule has 0 saturated carbocycles. The van der Waals surface area contributed by atoms with Crippen LogP contribution in [0.1, 0.15) is 37.9 Å². The highest BCUT2D eigenvalue weighted by Gasteiger charge is 2.23. The van der Waals surface area contributed by atoms with Gasteiger partial charge in [0.2, 0.25) is 0 Å². The van der Waals surface area contributed by atoms with Gasteiger partial charge in [-0.1, -0.05) is 13.3 Å². The van der Waals surface area contributed by atoms with E-state index in [9.17, 15) is 0 Å². The third kappa shape index (κ3) is 3.04. The molecule has 0 saturated heterocycles. The van der Waals surface area contributed by atoms with Crippen LogP contribution in [0, 0.1) is 0 Å². The summed E-state index contributed by atoms with van der Waals surface area (Å²) in [5, 5.41) is 6.46. The van der Waals surface area contributed by atoms with Gasteiger partial charge in [-0.15, -0.1) is 11.3 Å². The van der Waals surface area contributed by atoms with Gasteiger partial charge in [-0.25, -0.2) is 15.0 Å². The van der Waals surface area contributed by atoms with Gasteiger partial charge >= 0.3 is 0 Å². The molecule has 1 N–H and O–H groups in total. The molecule has 0 atom stereocenters. The topological polar surface area (TPSA) is 50.7 Å². The number of thiazole rings is 1. The Labute approximate surface area is 112 Å². The second-order valence-corrected chi connectivity index (χ2v) is 5.63. The first kappa shape index (κ1) is 13.0. The molecule has 2 aromatic heterocycles. The lowest BCUT2D eigenvalue weighted by molar-refractivity contribution is 0.600. The van der Waals surface area contributed by atoms with Gasteiger partial charge in [0.1, 0.15) is 17.2 Å². The lowest BCUT2D eigenvalue weighted by atomic mass is 10.1. The molecule has 0 aliphatic carbocycles. The van der Waals surface area contributed by atoms with Crippen LogP contribution in [0.25, 0.3) is 0 Å². The maximum atomic E-state index is 4.36. The minimum absolute atomic E-state index is 0.216. The Hall–Kier alpha value is -1.49. The normalized spacial score (nSPS) is 11.5. The Morgan fingerprint density at radius 3 is 2.78 bits per heavy atom. The van der Waals surface area contributed by atoms with E-state index in [4.69, 9.17) is 0 Å². The first-order valence-corrected chi connectivity index (χ1v) is 6.99. The molecule has 4 nitrogen and oxygen atoms in total. The van der Waals surface area contributed by atoms with Crippen LogP contribution in [0.15, 0.2) is 24.0 Å². The number of anilines is 1. The monoisotopic (exact) mass is 262 g/mol. The van der Waals surface area contributed by atoms with E-state index in [1.54, 1.807) is 17.7 Å². The molecule has 0 radical (unpaired) electrons. The molecule has 0 aliphatic heterocycles. The number of rotatable bonds is 5. The molecule has 2 rings (SSSR count). The zero-order valence-corrected chi connectivity index (χ0v) is 11.8. The fraction of sp³-hybridized carbons (Fsp3) is 0.462. The van der Waals surface area contributed by atoms with Crippen molar-refractivity contribution in [3.8, 4) is 0 Å². The number of hydrogen-bond donors (Lipinski definition) is 1. The van der Waals surface area contributed by atoms with E-state index in [0.29, 0.717) is 0 Å². The average molecular weight is 262 g/mol. The first-order valence-electron chi connectivity index (χ1n) is 6.11. The van der Waals surface area contributed by atoms with Gasteiger partial charge in [0, 0.05) is 23.3 Å². The fourth-order valence-corrected chi connectivity index (χ4v) is 2.48. The number of hydrogen-bond acceptors (Lipinski definition) is 5. The molecule has 96 valence electrons. The maximum absolute atomic E-state index is 4.36. The Kier molecular flexibility index (Phi) is 3.91. The molecule has 0 aliphatic rings. The van der Waals surface area contributed by atoms with Crippen molar-refractivity contribution in [3.05, 3.63) is 34.7 Å². The molecule has 0 amide bonds. The third-order valence-electron chi connectivity index (χ3n) is 2.64. The standard InChI is InChI=1S/C13H18N4S/c1-4-5-10-8-11(16-9-15-10)17-13(2,3)12-14-6-7-18-12/h6-9H,4-5H2,1-3H3,(H,15,16,17). The van der Waals surface area contributed by atoms with Gasteiger partial charge < -0.3 is 5.32 Å². The van der Waals surface area contributed by atoms with Gasteiger partial charge in [-0.2, -0.15) is 0 Å². The van der Waals surface area contributed by atoms with E-state index >= 15 is 0 Å². The summed E-state index contributed by atoms with van der Waals surface area (Å²) in [4.78, 5) is 12.9. The summed E-state index contributed by atoms with van der Waals surface area (Å²) in [7, 11) is 0. The number of nitrogens with zero attached hydrogens (tertiary/aromatic N) is 3. The van der Waals surface area contributed by atoms with Gasteiger partial charge in [0.05, 0.1) is 5.54 Å². The predicted molar refractivity (Wildman–Crippen MR) is 74.8 cm³/mol. The summed E-state index contributed by atoms with van der Waals surface area (Å²) in [6.45, 7) is 6.36. The lowest BCUT2D eigenvalue weighted by Gasteiger charge is -2.24. The van der Waals surface area contributed by atoms with Crippen LogP contribution in [0.3, 0.4) is 0 Å². The molecule has 18 heavy (non-hydrogen) atoms. The molecular formula is C13H18N4S. The lowest BCUT2D eigenvalue weighted by Crippen LogP contribution is -2.28. The summed E-state index contributed by atoms with van der Waals surface area (Å²) in [5.41, 5.74) is 0.858. The Morgan fingerprint density at radius 2 is 2.11 bits per heavy atom. The van der Waals surface area contributed by atoms with Gasteiger partial charge in [0.25, 0.3) is 0 Å². The van der Waals surface area contributed by atoms with Crippen LogP contribution >= 0.6 is 11.3 Å². The first-order chi connectivity index (χ1) is 8.62. The van der Waals surface area contributed by atoms with Crippen molar-refractivity contribution in [2.75, 3.05) is 5.32 Å². The number of nitrogens with one attached hydrogen (secondary N) is 1. The molecular weight excluding hydrogens is 244 g/mol. The summed E-state index contributed by atoms with van der Waals surface area (Å²) >= 11 is 1.65. The van der Waals surface area contributed by atoms with E-state index in [1.165, 1.54) is 0 Å². The Balaban J connectivity index is 2.16. The van der Waals surface area contributed by atoms with Crippen molar-refractivity contribution in [3.63, 3.8) is 0 Å². The van der Waals surface area contributed by atoms with Crippen molar-refractivity contribution < 1.29 is 0 Å². The van der Waals surface area contributed by atoms with E-state index in [1.807, 2.05) is 17.6 Å². The van der Waals surface area contributed by atoms with Crippen molar-refractivity contribution >= 4 is 17.2 Å². The minimum atomic E-state index is -0.216. The van der Waals surface area contributed by atoms with Gasteiger partial charge in [-0.05, 0) is 20.3 Å². The number of aryl methyl sites for hydroxylation is 1. The molecule has 0 spiro atoms. The molecule has 0 fully saturated rings. The molecule has 0 aromatic carbocycles. The third-order valence-corrected chi connectivity index (χ3v) is 3.73. The zero-order chi connectivity index (χ0) is 13.0. The second-order valence-electron chi connectivity index (χ2n) is 4.73. The molecule has 0 bridgehead atoms. The summed E-state index contributed by atoms with van der Waals surface area (Å²) in [6, 6.07) is 2.01. The molecule has 5 heteroatoms. The largest absolute Gasteiger partial charge is 0.359 e. The number of aromatic nitrogens is 3. The van der Waals surface area contributed by atoms with E-state index in [2.05, 4.69) is 41.0 Å². The van der Waals surface area contributed by atoms with E-state index < -0.39 is 0 Å². The summed E-state index contributed by atoms with van der Waals surface area (Å²) in [6.07, 6.45) is 5.51. The van der Waals surface area contributed by atoms with Gasteiger partial charge in [0.15, 0.2) is 0 Å².